The minimum atomic E-state index is -0.328. The Morgan fingerprint density at radius 3 is 2.71 bits per heavy atom. The van der Waals surface area contributed by atoms with Gasteiger partial charge in [0.05, 0.1) is 16.7 Å². The topological polar surface area (TPSA) is 73.8 Å². The first-order chi connectivity index (χ1) is 13.7. The Labute approximate surface area is 163 Å². The Morgan fingerprint density at radius 1 is 1.14 bits per heavy atom. The van der Waals surface area contributed by atoms with Crippen molar-refractivity contribution in [3.05, 3.63) is 83.2 Å². The van der Waals surface area contributed by atoms with E-state index in [0.717, 1.165) is 0 Å². The van der Waals surface area contributed by atoms with Gasteiger partial charge in [0.25, 0.3) is 5.56 Å². The maximum Gasteiger partial charge on any atom is 0.262 e. The Bertz CT molecular complexity index is 1200. The molecule has 0 fully saturated rings. The summed E-state index contributed by atoms with van der Waals surface area (Å²) in [4.78, 5) is 21.7. The fourth-order valence-electron chi connectivity index (χ4n) is 2.70. The summed E-state index contributed by atoms with van der Waals surface area (Å²) in [6.45, 7) is 4.07. The monoisotopic (exact) mass is 394 g/mol. The van der Waals surface area contributed by atoms with Gasteiger partial charge in [0.15, 0.2) is 5.16 Å². The number of aromatic nitrogens is 4. The lowest BCUT2D eigenvalue weighted by Crippen LogP contribution is -2.22. The van der Waals surface area contributed by atoms with Crippen LogP contribution >= 0.6 is 11.8 Å². The second-order valence-electron chi connectivity index (χ2n) is 5.92. The molecule has 0 amide bonds. The highest BCUT2D eigenvalue weighted by molar-refractivity contribution is 7.98. The van der Waals surface area contributed by atoms with Crippen LogP contribution in [0.5, 0.6) is 0 Å². The number of rotatable bonds is 6. The molecule has 0 spiro atoms. The van der Waals surface area contributed by atoms with E-state index in [9.17, 15) is 9.18 Å². The van der Waals surface area contributed by atoms with Gasteiger partial charge in [-0.2, -0.15) is 4.98 Å². The van der Waals surface area contributed by atoms with E-state index >= 15 is 0 Å². The van der Waals surface area contributed by atoms with Crippen LogP contribution in [-0.2, 0) is 12.3 Å². The Balaban J connectivity index is 1.60. The second kappa shape index (κ2) is 7.77. The normalized spacial score (nSPS) is 11.0. The minimum absolute atomic E-state index is 0.120. The van der Waals surface area contributed by atoms with Gasteiger partial charge < -0.3 is 4.52 Å². The van der Waals surface area contributed by atoms with Gasteiger partial charge in [0.2, 0.25) is 11.7 Å². The zero-order valence-electron chi connectivity index (χ0n) is 14.7. The van der Waals surface area contributed by atoms with Crippen molar-refractivity contribution in [3.63, 3.8) is 0 Å². The molecule has 0 bridgehead atoms. The molecule has 2 heterocycles. The molecule has 0 saturated carbocycles. The molecule has 2 aromatic heterocycles. The molecule has 0 N–H and O–H groups in total. The second-order valence-corrected chi connectivity index (χ2v) is 6.87. The molecule has 0 unspecified atom stereocenters. The summed E-state index contributed by atoms with van der Waals surface area (Å²) in [5, 5.41) is 5.03. The van der Waals surface area contributed by atoms with E-state index in [1.165, 1.54) is 23.9 Å². The molecule has 8 heteroatoms. The van der Waals surface area contributed by atoms with Crippen molar-refractivity contribution in [1.29, 1.82) is 0 Å². The van der Waals surface area contributed by atoms with Crippen LogP contribution in [0.1, 0.15) is 5.89 Å². The van der Waals surface area contributed by atoms with Crippen LogP contribution in [0, 0.1) is 5.82 Å². The summed E-state index contributed by atoms with van der Waals surface area (Å²) in [5.74, 6) is 0.781. The van der Waals surface area contributed by atoms with Crippen LogP contribution in [0.4, 0.5) is 4.39 Å². The van der Waals surface area contributed by atoms with E-state index in [0.29, 0.717) is 45.6 Å². The summed E-state index contributed by atoms with van der Waals surface area (Å²) in [6.07, 6.45) is 1.65. The largest absolute Gasteiger partial charge is 0.338 e. The van der Waals surface area contributed by atoms with Crippen molar-refractivity contribution in [2.45, 2.75) is 17.5 Å². The summed E-state index contributed by atoms with van der Waals surface area (Å²) in [6, 6.07) is 13.1. The van der Waals surface area contributed by atoms with Gasteiger partial charge in [-0.1, -0.05) is 35.1 Å². The average molecular weight is 394 g/mol. The molecular formula is C20H15FN4O2S. The van der Waals surface area contributed by atoms with E-state index in [2.05, 4.69) is 21.7 Å². The van der Waals surface area contributed by atoms with E-state index in [1.807, 2.05) is 12.1 Å². The predicted octanol–water partition coefficient (Wildman–Crippen LogP) is 4.06. The molecule has 140 valence electrons. The van der Waals surface area contributed by atoms with Gasteiger partial charge in [-0.25, -0.2) is 9.37 Å². The van der Waals surface area contributed by atoms with Crippen LogP contribution in [0.15, 0.2) is 75.7 Å². The number of fused-ring (bicyclic) bond motifs is 1. The lowest BCUT2D eigenvalue weighted by atomic mass is 10.2. The molecule has 4 rings (SSSR count). The number of thioether (sulfide) groups is 1. The van der Waals surface area contributed by atoms with Crippen molar-refractivity contribution in [2.75, 3.05) is 0 Å². The summed E-state index contributed by atoms with van der Waals surface area (Å²) in [5.41, 5.74) is 1.17. The highest BCUT2D eigenvalue weighted by atomic mass is 32.2. The quantitative estimate of drug-likeness (QED) is 0.279. The van der Waals surface area contributed by atoms with Gasteiger partial charge in [-0.3, -0.25) is 9.36 Å². The van der Waals surface area contributed by atoms with E-state index in [1.54, 1.807) is 34.9 Å². The number of halogens is 1. The highest BCUT2D eigenvalue weighted by Gasteiger charge is 2.14. The number of benzene rings is 2. The first kappa shape index (κ1) is 18.1. The zero-order valence-corrected chi connectivity index (χ0v) is 15.5. The van der Waals surface area contributed by atoms with Crippen LogP contribution in [0.25, 0.3) is 22.3 Å². The van der Waals surface area contributed by atoms with Gasteiger partial charge in [0.1, 0.15) is 5.82 Å². The van der Waals surface area contributed by atoms with Gasteiger partial charge in [0, 0.05) is 12.1 Å². The van der Waals surface area contributed by atoms with E-state index < -0.39 is 0 Å². The maximum atomic E-state index is 13.1. The van der Waals surface area contributed by atoms with Crippen LogP contribution in [-0.4, -0.2) is 19.7 Å². The number of hydrogen-bond acceptors (Lipinski definition) is 6. The summed E-state index contributed by atoms with van der Waals surface area (Å²) in [7, 11) is 0. The molecule has 4 aromatic rings. The molecule has 28 heavy (non-hydrogen) atoms. The minimum Gasteiger partial charge on any atom is -0.338 e. The molecule has 6 nitrogen and oxygen atoms in total. The molecular weight excluding hydrogens is 379 g/mol. The Morgan fingerprint density at radius 2 is 1.93 bits per heavy atom. The molecule has 0 aliphatic carbocycles. The molecule has 0 aliphatic rings. The zero-order chi connectivity index (χ0) is 19.5. The smallest absolute Gasteiger partial charge is 0.262 e. The van der Waals surface area contributed by atoms with Gasteiger partial charge in [-0.05, 0) is 36.4 Å². The molecule has 2 aromatic carbocycles. The highest BCUT2D eigenvalue weighted by Crippen LogP contribution is 2.23. The van der Waals surface area contributed by atoms with E-state index in [-0.39, 0.29) is 11.4 Å². The predicted molar refractivity (Wildman–Crippen MR) is 105 cm³/mol. The number of allylic oxidation sites excluding steroid dienone is 1. The third-order valence-electron chi connectivity index (χ3n) is 4.03. The van der Waals surface area contributed by atoms with Crippen molar-refractivity contribution in [1.82, 2.24) is 19.7 Å². The number of para-hydroxylation sites is 1. The fourth-order valence-corrected chi connectivity index (χ4v) is 3.55. The standard InChI is InChI=1S/C20H15FN4O2S/c1-2-11-25-19(26)15-5-3-4-6-16(15)22-20(25)28-12-17-23-18(24-27-17)13-7-9-14(21)10-8-13/h2-10H,1,11-12H2. The molecule has 0 radical (unpaired) electrons. The summed E-state index contributed by atoms with van der Waals surface area (Å²) >= 11 is 1.33. The van der Waals surface area contributed by atoms with Crippen molar-refractivity contribution < 1.29 is 8.91 Å². The lowest BCUT2D eigenvalue weighted by Gasteiger charge is -2.10. The van der Waals surface area contributed by atoms with Crippen LogP contribution < -0.4 is 5.56 Å². The van der Waals surface area contributed by atoms with Crippen molar-refractivity contribution in [3.8, 4) is 11.4 Å². The van der Waals surface area contributed by atoms with Crippen molar-refractivity contribution >= 4 is 22.7 Å². The van der Waals surface area contributed by atoms with Gasteiger partial charge in [-0.15, -0.1) is 6.58 Å². The first-order valence-corrected chi connectivity index (χ1v) is 9.46. The SMILES string of the molecule is C=CCn1c(SCc2nc(-c3ccc(F)cc3)no2)nc2ccccc2c1=O. The first-order valence-electron chi connectivity index (χ1n) is 8.47. The molecule has 0 aliphatic heterocycles. The van der Waals surface area contributed by atoms with Crippen LogP contribution in [0.2, 0.25) is 0 Å². The van der Waals surface area contributed by atoms with Crippen LogP contribution in [0.3, 0.4) is 0 Å². The maximum absolute atomic E-state index is 13.1. The third kappa shape index (κ3) is 3.59. The summed E-state index contributed by atoms with van der Waals surface area (Å²) < 4.78 is 19.9. The van der Waals surface area contributed by atoms with E-state index in [4.69, 9.17) is 4.52 Å². The van der Waals surface area contributed by atoms with Crippen molar-refractivity contribution in [2.24, 2.45) is 0 Å². The molecule has 0 atom stereocenters. The average Bonchev–Trinajstić information content (AvgIpc) is 3.18. The Hall–Kier alpha value is -3.26. The molecule has 0 saturated heterocycles. The third-order valence-corrected chi connectivity index (χ3v) is 4.99. The number of hydrogen-bond donors (Lipinski definition) is 0. The lowest BCUT2D eigenvalue weighted by molar-refractivity contribution is 0.391. The fraction of sp³-hybridized carbons (Fsp3) is 0.100. The van der Waals surface area contributed by atoms with Gasteiger partial charge >= 0.3 is 0 Å². The Kier molecular flexibility index (Phi) is 5.03. The number of nitrogens with zero attached hydrogens (tertiary/aromatic N) is 4.